The molecule has 1 aromatic rings. The Kier molecular flexibility index (Phi) is 4.28. The number of likely N-dealkylation sites (N-methyl/N-ethyl adjacent to an activating group) is 1. The summed E-state index contributed by atoms with van der Waals surface area (Å²) >= 11 is 0. The van der Waals surface area contributed by atoms with Gasteiger partial charge >= 0.3 is 0 Å². The minimum atomic E-state index is 0.285. The Labute approximate surface area is 111 Å². The van der Waals surface area contributed by atoms with E-state index >= 15 is 0 Å². The summed E-state index contributed by atoms with van der Waals surface area (Å²) in [7, 11) is 1.78. The van der Waals surface area contributed by atoms with Crippen molar-refractivity contribution in [3.63, 3.8) is 0 Å². The molecule has 2 rings (SSSR count). The van der Waals surface area contributed by atoms with Crippen LogP contribution in [0.15, 0.2) is 18.2 Å². The van der Waals surface area contributed by atoms with E-state index in [-0.39, 0.29) is 5.41 Å². The van der Waals surface area contributed by atoms with Gasteiger partial charge in [0.25, 0.3) is 0 Å². The second-order valence-corrected chi connectivity index (χ2v) is 5.47. The van der Waals surface area contributed by atoms with Gasteiger partial charge in [-0.1, -0.05) is 37.5 Å². The third-order valence-electron chi connectivity index (χ3n) is 4.20. The molecule has 1 aliphatic carbocycles. The Bertz CT molecular complexity index is 394. The van der Waals surface area contributed by atoms with E-state index in [2.05, 4.69) is 37.4 Å². The monoisotopic (exact) mass is 247 g/mol. The zero-order valence-corrected chi connectivity index (χ0v) is 11.9. The van der Waals surface area contributed by atoms with Gasteiger partial charge in [0.05, 0.1) is 7.11 Å². The number of nitrogens with one attached hydrogen (secondary N) is 1. The Hall–Kier alpha value is -1.02. The number of hydrogen-bond acceptors (Lipinski definition) is 2. The SMILES string of the molecule is CCNCC1(c2cc(C)ccc2OC)CCCC1. The first kappa shape index (κ1) is 13.4. The van der Waals surface area contributed by atoms with E-state index in [0.29, 0.717) is 0 Å². The molecule has 0 spiro atoms. The van der Waals surface area contributed by atoms with Crippen LogP contribution in [0.5, 0.6) is 5.75 Å². The summed E-state index contributed by atoms with van der Waals surface area (Å²) in [6, 6.07) is 6.58. The zero-order valence-electron chi connectivity index (χ0n) is 11.9. The smallest absolute Gasteiger partial charge is 0.122 e. The fraction of sp³-hybridized carbons (Fsp3) is 0.625. The van der Waals surface area contributed by atoms with Crippen molar-refractivity contribution in [1.29, 1.82) is 0 Å². The molecule has 1 fully saturated rings. The van der Waals surface area contributed by atoms with Crippen molar-refractivity contribution in [2.75, 3.05) is 20.2 Å². The lowest BCUT2D eigenvalue weighted by atomic mass is 9.77. The number of aryl methyl sites for hydroxylation is 1. The predicted molar refractivity (Wildman–Crippen MR) is 76.4 cm³/mol. The number of methoxy groups -OCH3 is 1. The van der Waals surface area contributed by atoms with Crippen molar-refractivity contribution in [3.05, 3.63) is 29.3 Å². The number of ether oxygens (including phenoxy) is 1. The van der Waals surface area contributed by atoms with Gasteiger partial charge in [-0.2, -0.15) is 0 Å². The van der Waals surface area contributed by atoms with E-state index in [9.17, 15) is 0 Å². The fourth-order valence-electron chi connectivity index (χ4n) is 3.19. The van der Waals surface area contributed by atoms with Crippen molar-refractivity contribution in [1.82, 2.24) is 5.32 Å². The quantitative estimate of drug-likeness (QED) is 0.860. The highest BCUT2D eigenvalue weighted by Gasteiger charge is 2.37. The Balaban J connectivity index is 2.38. The van der Waals surface area contributed by atoms with Crippen LogP contribution >= 0.6 is 0 Å². The maximum Gasteiger partial charge on any atom is 0.122 e. The molecule has 0 unspecified atom stereocenters. The van der Waals surface area contributed by atoms with Crippen LogP contribution in [0.1, 0.15) is 43.7 Å². The summed E-state index contributed by atoms with van der Waals surface area (Å²) in [6.45, 7) is 6.45. The number of benzene rings is 1. The van der Waals surface area contributed by atoms with Crippen molar-refractivity contribution in [2.45, 2.75) is 44.9 Å². The van der Waals surface area contributed by atoms with Gasteiger partial charge < -0.3 is 10.1 Å². The number of hydrogen-bond donors (Lipinski definition) is 1. The molecule has 1 N–H and O–H groups in total. The topological polar surface area (TPSA) is 21.3 Å². The molecule has 0 aliphatic heterocycles. The van der Waals surface area contributed by atoms with Crippen molar-refractivity contribution in [2.24, 2.45) is 0 Å². The first-order chi connectivity index (χ1) is 8.72. The van der Waals surface area contributed by atoms with Crippen LogP contribution in [0, 0.1) is 6.92 Å². The minimum Gasteiger partial charge on any atom is -0.496 e. The van der Waals surface area contributed by atoms with Crippen LogP contribution in [0.4, 0.5) is 0 Å². The molecular formula is C16H25NO. The molecule has 2 heteroatoms. The van der Waals surface area contributed by atoms with E-state index < -0.39 is 0 Å². The van der Waals surface area contributed by atoms with Gasteiger partial charge in [0, 0.05) is 17.5 Å². The van der Waals surface area contributed by atoms with E-state index in [1.807, 2.05) is 0 Å². The molecule has 0 heterocycles. The molecule has 100 valence electrons. The van der Waals surface area contributed by atoms with Gasteiger partial charge in [-0.05, 0) is 32.4 Å². The Morgan fingerprint density at radius 1 is 1.28 bits per heavy atom. The standard InChI is InChI=1S/C16H25NO/c1-4-17-12-16(9-5-6-10-16)14-11-13(2)7-8-15(14)18-3/h7-8,11,17H,4-6,9-10,12H2,1-3H3. The van der Waals surface area contributed by atoms with Crippen molar-refractivity contribution < 1.29 is 4.74 Å². The number of rotatable bonds is 5. The van der Waals surface area contributed by atoms with Crippen LogP contribution in [0.2, 0.25) is 0 Å². The average Bonchev–Trinajstić information content (AvgIpc) is 2.86. The molecule has 2 nitrogen and oxygen atoms in total. The predicted octanol–water partition coefficient (Wildman–Crippen LogP) is 3.42. The van der Waals surface area contributed by atoms with Gasteiger partial charge in [0.1, 0.15) is 5.75 Å². The summed E-state index contributed by atoms with van der Waals surface area (Å²) in [5.74, 6) is 1.06. The van der Waals surface area contributed by atoms with Gasteiger partial charge in [-0.3, -0.25) is 0 Å². The molecule has 0 atom stereocenters. The van der Waals surface area contributed by atoms with E-state index in [1.165, 1.54) is 36.8 Å². The van der Waals surface area contributed by atoms with Gasteiger partial charge in [-0.15, -0.1) is 0 Å². The first-order valence-corrected chi connectivity index (χ1v) is 7.08. The van der Waals surface area contributed by atoms with Crippen LogP contribution in [0.25, 0.3) is 0 Å². The minimum absolute atomic E-state index is 0.285. The molecule has 1 saturated carbocycles. The van der Waals surface area contributed by atoms with Crippen LogP contribution in [0.3, 0.4) is 0 Å². The average molecular weight is 247 g/mol. The third kappa shape index (κ3) is 2.54. The van der Waals surface area contributed by atoms with Gasteiger partial charge in [0.2, 0.25) is 0 Å². The molecule has 0 amide bonds. The van der Waals surface area contributed by atoms with E-state index in [4.69, 9.17) is 4.74 Å². The molecule has 0 radical (unpaired) electrons. The lowest BCUT2D eigenvalue weighted by molar-refractivity contribution is 0.363. The fourth-order valence-corrected chi connectivity index (χ4v) is 3.19. The van der Waals surface area contributed by atoms with Crippen LogP contribution < -0.4 is 10.1 Å². The van der Waals surface area contributed by atoms with E-state index in [1.54, 1.807) is 7.11 Å². The second kappa shape index (κ2) is 5.75. The van der Waals surface area contributed by atoms with Gasteiger partial charge in [-0.25, -0.2) is 0 Å². The first-order valence-electron chi connectivity index (χ1n) is 7.08. The summed E-state index contributed by atoms with van der Waals surface area (Å²) in [4.78, 5) is 0. The van der Waals surface area contributed by atoms with Crippen molar-refractivity contribution >= 4 is 0 Å². The third-order valence-corrected chi connectivity index (χ3v) is 4.20. The highest BCUT2D eigenvalue weighted by Crippen LogP contribution is 2.44. The summed E-state index contributed by atoms with van der Waals surface area (Å²) in [6.07, 6.45) is 5.23. The summed E-state index contributed by atoms with van der Waals surface area (Å²) < 4.78 is 5.59. The maximum absolute atomic E-state index is 5.59. The van der Waals surface area contributed by atoms with E-state index in [0.717, 1.165) is 18.8 Å². The van der Waals surface area contributed by atoms with Crippen molar-refractivity contribution in [3.8, 4) is 5.75 Å². The molecule has 0 bridgehead atoms. The Morgan fingerprint density at radius 3 is 2.61 bits per heavy atom. The lowest BCUT2D eigenvalue weighted by Crippen LogP contribution is -2.36. The summed E-state index contributed by atoms with van der Waals surface area (Å²) in [5.41, 5.74) is 3.02. The largest absolute Gasteiger partial charge is 0.496 e. The molecule has 0 saturated heterocycles. The van der Waals surface area contributed by atoms with Crippen LogP contribution in [-0.2, 0) is 5.41 Å². The van der Waals surface area contributed by atoms with Crippen LogP contribution in [-0.4, -0.2) is 20.2 Å². The molecule has 0 aromatic heterocycles. The summed E-state index contributed by atoms with van der Waals surface area (Å²) in [5, 5.41) is 3.54. The second-order valence-electron chi connectivity index (χ2n) is 5.47. The zero-order chi connectivity index (χ0) is 13.0. The highest BCUT2D eigenvalue weighted by atomic mass is 16.5. The van der Waals surface area contributed by atoms with Gasteiger partial charge in [0.15, 0.2) is 0 Å². The lowest BCUT2D eigenvalue weighted by Gasteiger charge is -2.31. The molecule has 18 heavy (non-hydrogen) atoms. The normalized spacial score (nSPS) is 17.9. The highest BCUT2D eigenvalue weighted by molar-refractivity contribution is 5.43. The molecule has 1 aromatic carbocycles. The molecule has 1 aliphatic rings. The molecular weight excluding hydrogens is 222 g/mol. The maximum atomic E-state index is 5.59. The Morgan fingerprint density at radius 2 is 2.00 bits per heavy atom.